The van der Waals surface area contributed by atoms with E-state index in [0.717, 1.165) is 5.56 Å². The van der Waals surface area contributed by atoms with Crippen LogP contribution in [0.5, 0.6) is 5.75 Å². The minimum absolute atomic E-state index is 0.0334. The highest BCUT2D eigenvalue weighted by atomic mass is 19.1. The molecule has 0 aliphatic carbocycles. The number of hydrazine groups is 1. The van der Waals surface area contributed by atoms with Gasteiger partial charge in [0, 0.05) is 18.2 Å². The predicted molar refractivity (Wildman–Crippen MR) is 109 cm³/mol. The summed E-state index contributed by atoms with van der Waals surface area (Å²) in [6.45, 7) is 5.46. The third kappa shape index (κ3) is 7.08. The van der Waals surface area contributed by atoms with Crippen molar-refractivity contribution >= 4 is 17.8 Å². The number of carbonyl (C=O) groups is 3. The van der Waals surface area contributed by atoms with Crippen molar-refractivity contribution in [1.29, 1.82) is 0 Å². The Morgan fingerprint density at radius 1 is 0.967 bits per heavy atom. The van der Waals surface area contributed by atoms with E-state index in [-0.39, 0.29) is 17.8 Å². The molecule has 0 aliphatic rings. The van der Waals surface area contributed by atoms with Gasteiger partial charge in [-0.2, -0.15) is 0 Å². The van der Waals surface area contributed by atoms with E-state index in [0.29, 0.717) is 12.1 Å². The zero-order chi connectivity index (χ0) is 22.1. The third-order valence-electron chi connectivity index (χ3n) is 3.90. The van der Waals surface area contributed by atoms with Crippen molar-refractivity contribution in [1.82, 2.24) is 21.5 Å². The third-order valence-corrected chi connectivity index (χ3v) is 3.90. The summed E-state index contributed by atoms with van der Waals surface area (Å²) in [4.78, 5) is 35.8. The van der Waals surface area contributed by atoms with Gasteiger partial charge in [0.05, 0.1) is 0 Å². The number of hydrogen-bond acceptors (Lipinski definition) is 4. The molecule has 0 spiro atoms. The van der Waals surface area contributed by atoms with Crippen LogP contribution in [0.2, 0.25) is 0 Å². The van der Waals surface area contributed by atoms with Crippen LogP contribution in [0.25, 0.3) is 0 Å². The van der Waals surface area contributed by atoms with Gasteiger partial charge in [-0.05, 0) is 50.6 Å². The lowest BCUT2D eigenvalue weighted by Crippen LogP contribution is -2.47. The summed E-state index contributed by atoms with van der Waals surface area (Å²) in [5.74, 6) is -1.81. The average Bonchev–Trinajstić information content (AvgIpc) is 2.71. The molecule has 4 amide bonds. The number of halogens is 1. The van der Waals surface area contributed by atoms with Gasteiger partial charge in [0.1, 0.15) is 0 Å². The van der Waals surface area contributed by atoms with E-state index in [1.54, 1.807) is 30.3 Å². The van der Waals surface area contributed by atoms with E-state index in [4.69, 9.17) is 4.74 Å². The number of hydrogen-bond donors (Lipinski definition) is 4. The van der Waals surface area contributed by atoms with Crippen LogP contribution < -0.4 is 26.2 Å². The average molecular weight is 416 g/mol. The number of benzene rings is 2. The van der Waals surface area contributed by atoms with Crippen LogP contribution in [-0.4, -0.2) is 30.0 Å². The van der Waals surface area contributed by atoms with Crippen LogP contribution in [0, 0.1) is 5.82 Å². The van der Waals surface area contributed by atoms with E-state index >= 15 is 0 Å². The van der Waals surface area contributed by atoms with Crippen molar-refractivity contribution < 1.29 is 23.5 Å². The largest absolute Gasteiger partial charge is 0.478 e. The standard InChI is InChI=1S/C21H25FN4O4/c1-13(2)24-21(29)23-12-15-8-10-16(11-9-15)20(28)26-25-19(27)14(3)30-18-7-5-4-6-17(18)22/h4-11,13-14H,12H2,1-3H3,(H,25,27)(H,26,28)(H2,23,24,29)/t14-/m0/s1. The lowest BCUT2D eigenvalue weighted by Gasteiger charge is -2.15. The number of nitrogens with one attached hydrogen (secondary N) is 4. The van der Waals surface area contributed by atoms with E-state index in [2.05, 4.69) is 21.5 Å². The summed E-state index contributed by atoms with van der Waals surface area (Å²) in [6.07, 6.45) is -1.02. The van der Waals surface area contributed by atoms with Gasteiger partial charge >= 0.3 is 6.03 Å². The van der Waals surface area contributed by atoms with Crippen molar-refractivity contribution in [3.05, 3.63) is 65.5 Å². The minimum Gasteiger partial charge on any atom is -0.478 e. The normalized spacial score (nSPS) is 11.4. The van der Waals surface area contributed by atoms with Gasteiger partial charge in [0.15, 0.2) is 17.7 Å². The van der Waals surface area contributed by atoms with Crippen molar-refractivity contribution in [2.24, 2.45) is 0 Å². The molecule has 160 valence electrons. The molecule has 9 heteroatoms. The number of carbonyl (C=O) groups excluding carboxylic acids is 3. The number of para-hydroxylation sites is 1. The van der Waals surface area contributed by atoms with Gasteiger partial charge < -0.3 is 15.4 Å². The first-order valence-electron chi connectivity index (χ1n) is 9.41. The van der Waals surface area contributed by atoms with E-state index in [1.807, 2.05) is 13.8 Å². The first-order chi connectivity index (χ1) is 14.3. The fraction of sp³-hybridized carbons (Fsp3) is 0.286. The summed E-state index contributed by atoms with van der Waals surface area (Å²) in [5, 5.41) is 5.42. The number of amides is 4. The van der Waals surface area contributed by atoms with Crippen LogP contribution in [0.1, 0.15) is 36.7 Å². The Morgan fingerprint density at radius 3 is 2.27 bits per heavy atom. The van der Waals surface area contributed by atoms with Gasteiger partial charge in [0.2, 0.25) is 0 Å². The molecule has 30 heavy (non-hydrogen) atoms. The maximum Gasteiger partial charge on any atom is 0.315 e. The molecule has 0 saturated carbocycles. The highest BCUT2D eigenvalue weighted by Gasteiger charge is 2.17. The molecule has 2 aromatic rings. The van der Waals surface area contributed by atoms with Gasteiger partial charge in [0.25, 0.3) is 11.8 Å². The summed E-state index contributed by atoms with van der Waals surface area (Å²) < 4.78 is 18.8. The molecule has 1 atom stereocenters. The lowest BCUT2D eigenvalue weighted by atomic mass is 10.1. The van der Waals surface area contributed by atoms with Gasteiger partial charge in [-0.25, -0.2) is 9.18 Å². The molecule has 0 bridgehead atoms. The van der Waals surface area contributed by atoms with Crippen molar-refractivity contribution in [3.8, 4) is 5.75 Å². The monoisotopic (exact) mass is 416 g/mol. The SMILES string of the molecule is CC(C)NC(=O)NCc1ccc(C(=O)NNC(=O)[C@H](C)Oc2ccccc2F)cc1. The second-order valence-electron chi connectivity index (χ2n) is 6.81. The molecule has 0 heterocycles. The van der Waals surface area contributed by atoms with Crippen LogP contribution in [0.15, 0.2) is 48.5 Å². The molecule has 4 N–H and O–H groups in total. The second kappa shape index (κ2) is 10.8. The molecule has 8 nitrogen and oxygen atoms in total. The summed E-state index contributed by atoms with van der Waals surface area (Å²) in [7, 11) is 0. The number of rotatable bonds is 7. The Kier molecular flexibility index (Phi) is 8.16. The Bertz CT molecular complexity index is 887. The molecule has 0 aromatic heterocycles. The summed E-state index contributed by atoms with van der Waals surface area (Å²) in [5.41, 5.74) is 5.64. The van der Waals surface area contributed by atoms with Gasteiger partial charge in [-0.3, -0.25) is 20.4 Å². The molecular weight excluding hydrogens is 391 g/mol. The fourth-order valence-electron chi connectivity index (χ4n) is 2.35. The maximum atomic E-state index is 13.6. The smallest absolute Gasteiger partial charge is 0.315 e. The molecule has 0 fully saturated rings. The number of ether oxygens (including phenoxy) is 1. The quantitative estimate of drug-likeness (QED) is 0.519. The van der Waals surface area contributed by atoms with Gasteiger partial charge in [-0.1, -0.05) is 24.3 Å². The maximum absolute atomic E-state index is 13.6. The van der Waals surface area contributed by atoms with Crippen molar-refractivity contribution in [3.63, 3.8) is 0 Å². The molecular formula is C21H25FN4O4. The molecule has 0 saturated heterocycles. The van der Waals surface area contributed by atoms with Crippen LogP contribution in [0.4, 0.5) is 9.18 Å². The number of urea groups is 1. The first kappa shape index (κ1) is 22.7. The Morgan fingerprint density at radius 2 is 1.63 bits per heavy atom. The molecule has 0 radical (unpaired) electrons. The zero-order valence-electron chi connectivity index (χ0n) is 17.0. The fourth-order valence-corrected chi connectivity index (χ4v) is 2.35. The lowest BCUT2D eigenvalue weighted by molar-refractivity contribution is -0.128. The Balaban J connectivity index is 1.80. The van der Waals surface area contributed by atoms with Crippen molar-refractivity contribution in [2.75, 3.05) is 0 Å². The second-order valence-corrected chi connectivity index (χ2v) is 6.81. The predicted octanol–water partition coefficient (Wildman–Crippen LogP) is 2.26. The first-order valence-corrected chi connectivity index (χ1v) is 9.41. The van der Waals surface area contributed by atoms with Crippen molar-refractivity contribution in [2.45, 2.75) is 39.5 Å². The van der Waals surface area contributed by atoms with Gasteiger partial charge in [-0.15, -0.1) is 0 Å². The minimum atomic E-state index is -1.02. The highest BCUT2D eigenvalue weighted by molar-refractivity contribution is 5.95. The Labute approximate surface area is 174 Å². The Hall–Kier alpha value is -3.62. The molecule has 2 aromatic carbocycles. The van der Waals surface area contributed by atoms with Crippen LogP contribution in [-0.2, 0) is 11.3 Å². The summed E-state index contributed by atoms with van der Waals surface area (Å²) in [6, 6.07) is 12.0. The van der Waals surface area contributed by atoms with E-state index in [9.17, 15) is 18.8 Å². The molecule has 0 unspecified atom stereocenters. The zero-order valence-corrected chi connectivity index (χ0v) is 17.0. The van der Waals surface area contributed by atoms with E-state index in [1.165, 1.54) is 25.1 Å². The molecule has 0 aliphatic heterocycles. The summed E-state index contributed by atoms with van der Waals surface area (Å²) >= 11 is 0. The highest BCUT2D eigenvalue weighted by Crippen LogP contribution is 2.16. The van der Waals surface area contributed by atoms with E-state index < -0.39 is 23.7 Å². The van der Waals surface area contributed by atoms with Crippen LogP contribution in [0.3, 0.4) is 0 Å². The van der Waals surface area contributed by atoms with Crippen LogP contribution >= 0.6 is 0 Å². The topological polar surface area (TPSA) is 109 Å². The molecule has 2 rings (SSSR count).